The molecule has 3 fully saturated rings. The lowest BCUT2D eigenvalue weighted by Crippen LogP contribution is -2.56. The summed E-state index contributed by atoms with van der Waals surface area (Å²) in [6, 6.07) is 17.6. The van der Waals surface area contributed by atoms with Crippen molar-refractivity contribution in [3.63, 3.8) is 0 Å². The van der Waals surface area contributed by atoms with Crippen LogP contribution < -0.4 is 5.32 Å². The molecule has 238 valence electrons. The third-order valence-corrected chi connectivity index (χ3v) is 9.01. The van der Waals surface area contributed by atoms with Gasteiger partial charge in [-0.15, -0.1) is 13.2 Å². The van der Waals surface area contributed by atoms with Crippen molar-refractivity contribution in [3.8, 4) is 0 Å². The van der Waals surface area contributed by atoms with E-state index in [1.54, 1.807) is 17.1 Å². The molecule has 6 atom stereocenters. The zero-order chi connectivity index (χ0) is 32.0. The van der Waals surface area contributed by atoms with Crippen LogP contribution in [0, 0.1) is 11.8 Å². The Hall–Kier alpha value is -4.28. The predicted molar refractivity (Wildman–Crippen MR) is 166 cm³/mol. The largest absolute Gasteiger partial charge is 0.455 e. The highest BCUT2D eigenvalue weighted by atomic mass is 16.6. The Labute approximate surface area is 263 Å². The van der Waals surface area contributed by atoms with Gasteiger partial charge in [-0.3, -0.25) is 19.2 Å². The molecule has 1 spiro atoms. The molecule has 3 amide bonds. The normalized spacial score (nSPS) is 25.4. The van der Waals surface area contributed by atoms with E-state index in [9.17, 15) is 24.3 Å². The van der Waals surface area contributed by atoms with Gasteiger partial charge in [-0.25, -0.2) is 0 Å². The monoisotopic (exact) mass is 615 g/mol. The van der Waals surface area contributed by atoms with Gasteiger partial charge in [0.15, 0.2) is 0 Å². The summed E-state index contributed by atoms with van der Waals surface area (Å²) in [6.07, 6.45) is 3.59. The molecule has 3 heterocycles. The first-order chi connectivity index (χ1) is 21.8. The number of aliphatic hydroxyl groups is 1. The molecule has 2 aromatic rings. The number of aliphatic hydroxyl groups excluding tert-OH is 1. The molecule has 3 aliphatic heterocycles. The van der Waals surface area contributed by atoms with Crippen molar-refractivity contribution < 1.29 is 33.8 Å². The average Bonchev–Trinajstić information content (AvgIpc) is 3.70. The molecule has 10 heteroatoms. The maximum atomic E-state index is 14.3. The molecule has 3 saturated heterocycles. The topological polar surface area (TPSA) is 125 Å². The number of hydrogen-bond acceptors (Lipinski definition) is 7. The number of fused-ring (bicyclic) bond motifs is 1. The maximum absolute atomic E-state index is 14.3. The zero-order valence-electron chi connectivity index (χ0n) is 25.4. The Kier molecular flexibility index (Phi) is 10.1. The number of benzene rings is 2. The van der Waals surface area contributed by atoms with Crippen molar-refractivity contribution in [3.05, 3.63) is 97.1 Å². The molecule has 0 saturated carbocycles. The predicted octanol–water partition coefficient (Wildman–Crippen LogP) is 2.94. The van der Waals surface area contributed by atoms with Crippen LogP contribution in [0.3, 0.4) is 0 Å². The molecule has 0 unspecified atom stereocenters. The molecular weight excluding hydrogens is 574 g/mol. The van der Waals surface area contributed by atoms with E-state index < -0.39 is 47.6 Å². The van der Waals surface area contributed by atoms with E-state index in [4.69, 9.17) is 9.47 Å². The van der Waals surface area contributed by atoms with Crippen LogP contribution in [0.2, 0.25) is 0 Å². The van der Waals surface area contributed by atoms with Crippen molar-refractivity contribution in [2.24, 2.45) is 11.8 Å². The summed E-state index contributed by atoms with van der Waals surface area (Å²) in [6.45, 7) is 7.66. The van der Waals surface area contributed by atoms with Gasteiger partial charge >= 0.3 is 5.97 Å². The molecule has 5 rings (SSSR count). The van der Waals surface area contributed by atoms with Gasteiger partial charge in [0.2, 0.25) is 17.7 Å². The third kappa shape index (κ3) is 6.43. The summed E-state index contributed by atoms with van der Waals surface area (Å²) in [5.74, 6) is -3.40. The number of ether oxygens (including phenoxy) is 2. The molecule has 3 aliphatic rings. The second-order valence-electron chi connectivity index (χ2n) is 11.8. The molecule has 0 aromatic heterocycles. The molecule has 0 radical (unpaired) electrons. The van der Waals surface area contributed by atoms with Crippen molar-refractivity contribution in [2.75, 3.05) is 26.2 Å². The Morgan fingerprint density at radius 3 is 2.49 bits per heavy atom. The average molecular weight is 616 g/mol. The second kappa shape index (κ2) is 14.2. The van der Waals surface area contributed by atoms with Crippen molar-refractivity contribution in [1.82, 2.24) is 15.1 Å². The van der Waals surface area contributed by atoms with Crippen molar-refractivity contribution in [2.45, 2.75) is 56.1 Å². The van der Waals surface area contributed by atoms with E-state index in [2.05, 4.69) is 18.5 Å². The minimum atomic E-state index is -1.23. The Bertz CT molecular complexity index is 1400. The van der Waals surface area contributed by atoms with E-state index in [0.29, 0.717) is 31.4 Å². The van der Waals surface area contributed by atoms with Crippen LogP contribution in [0.25, 0.3) is 0 Å². The lowest BCUT2D eigenvalue weighted by molar-refractivity contribution is -0.160. The first-order valence-electron chi connectivity index (χ1n) is 15.5. The van der Waals surface area contributed by atoms with Crippen LogP contribution in [0.15, 0.2) is 86.0 Å². The number of esters is 1. The molecule has 2 aromatic carbocycles. The van der Waals surface area contributed by atoms with Gasteiger partial charge in [0.25, 0.3) is 0 Å². The Balaban J connectivity index is 1.41. The summed E-state index contributed by atoms with van der Waals surface area (Å²) < 4.78 is 12.6. The van der Waals surface area contributed by atoms with Gasteiger partial charge in [-0.2, -0.15) is 0 Å². The van der Waals surface area contributed by atoms with Crippen LogP contribution in [0.4, 0.5) is 0 Å². The minimum absolute atomic E-state index is 0.0570. The number of hydrogen-bond donors (Lipinski definition) is 2. The zero-order valence-corrected chi connectivity index (χ0v) is 25.4. The van der Waals surface area contributed by atoms with E-state index in [0.717, 1.165) is 5.56 Å². The summed E-state index contributed by atoms with van der Waals surface area (Å²) in [4.78, 5) is 57.7. The van der Waals surface area contributed by atoms with Crippen LogP contribution in [-0.4, -0.2) is 82.6 Å². The Morgan fingerprint density at radius 1 is 1.11 bits per heavy atom. The number of nitrogens with zero attached hydrogens (tertiary/aromatic N) is 2. The lowest BCUT2D eigenvalue weighted by Gasteiger charge is -2.36. The SMILES string of the molecule is C=CCCC(=O)NC[C@H](OC(=O)[C@@H]1[C@H]2C(=O)N(CCO)[C@H](C(=O)N(CC=C)Cc3ccccc3)[C@]23CC[C@H]1O3)c1ccccc1. The van der Waals surface area contributed by atoms with Crippen molar-refractivity contribution in [1.29, 1.82) is 0 Å². The molecule has 45 heavy (non-hydrogen) atoms. The highest BCUT2D eigenvalue weighted by molar-refractivity contribution is 5.98. The van der Waals surface area contributed by atoms with E-state index in [1.165, 1.54) is 4.90 Å². The van der Waals surface area contributed by atoms with Crippen LogP contribution in [0.1, 0.15) is 42.9 Å². The number of carbonyl (C=O) groups excluding carboxylic acids is 4. The molecule has 0 aliphatic carbocycles. The maximum Gasteiger partial charge on any atom is 0.313 e. The van der Waals surface area contributed by atoms with Gasteiger partial charge in [0.1, 0.15) is 17.7 Å². The number of nitrogens with one attached hydrogen (secondary N) is 1. The van der Waals surface area contributed by atoms with Crippen LogP contribution in [-0.2, 0) is 35.2 Å². The first kappa shape index (κ1) is 32.1. The summed E-state index contributed by atoms with van der Waals surface area (Å²) in [5, 5.41) is 12.8. The fourth-order valence-corrected chi connectivity index (χ4v) is 7.06. The standard InChI is InChI=1S/C35H41N3O7/c1-3-5-16-28(40)36-22-27(25-14-10-7-11-15-25)44-34(43)29-26-17-18-35(45-26)30(29)32(41)38(20-21-39)31(35)33(42)37(19-4-2)23-24-12-8-6-9-13-24/h3-4,6-15,26-27,29-31,39H,1-2,5,16-23H2,(H,36,40)/t26-,27+,29+,30+,31-,35+/m1/s1. The summed E-state index contributed by atoms with van der Waals surface area (Å²) >= 11 is 0. The van der Waals surface area contributed by atoms with Gasteiger partial charge in [-0.1, -0.05) is 72.8 Å². The fraction of sp³-hybridized carbons (Fsp3) is 0.429. The highest BCUT2D eigenvalue weighted by Gasteiger charge is 2.75. The van der Waals surface area contributed by atoms with Gasteiger partial charge < -0.3 is 29.7 Å². The minimum Gasteiger partial charge on any atom is -0.455 e. The number of rotatable bonds is 15. The number of likely N-dealkylation sites (tertiary alicyclic amines) is 1. The summed E-state index contributed by atoms with van der Waals surface area (Å²) in [7, 11) is 0. The number of carbonyl (C=O) groups is 4. The van der Waals surface area contributed by atoms with E-state index >= 15 is 0 Å². The number of amides is 3. The van der Waals surface area contributed by atoms with E-state index in [-0.39, 0.29) is 44.5 Å². The van der Waals surface area contributed by atoms with E-state index in [1.807, 2.05) is 60.7 Å². The highest BCUT2D eigenvalue weighted by Crippen LogP contribution is 2.59. The lowest BCUT2D eigenvalue weighted by atomic mass is 9.70. The number of allylic oxidation sites excluding steroid dienone is 1. The van der Waals surface area contributed by atoms with Gasteiger partial charge in [0.05, 0.1) is 31.1 Å². The fourth-order valence-electron chi connectivity index (χ4n) is 7.06. The quantitative estimate of drug-likeness (QED) is 0.233. The molecule has 2 bridgehead atoms. The van der Waals surface area contributed by atoms with Crippen molar-refractivity contribution >= 4 is 23.7 Å². The summed E-state index contributed by atoms with van der Waals surface area (Å²) in [5.41, 5.74) is 0.387. The smallest absolute Gasteiger partial charge is 0.313 e. The van der Waals surface area contributed by atoms with Crippen LogP contribution in [0.5, 0.6) is 0 Å². The molecule has 10 nitrogen and oxygen atoms in total. The first-order valence-corrected chi connectivity index (χ1v) is 15.5. The van der Waals surface area contributed by atoms with Gasteiger partial charge in [-0.05, 0) is 30.4 Å². The third-order valence-electron chi connectivity index (χ3n) is 9.01. The number of β-amino-alcohol motifs (C(OH)–C–C–N with tert-alkyl or cyclic N) is 1. The van der Waals surface area contributed by atoms with Gasteiger partial charge in [0, 0.05) is 26.1 Å². The molecule has 2 N–H and O–H groups in total. The second-order valence-corrected chi connectivity index (χ2v) is 11.8. The van der Waals surface area contributed by atoms with Crippen LogP contribution >= 0.6 is 0 Å². The Morgan fingerprint density at radius 2 is 1.82 bits per heavy atom. The molecular formula is C35H41N3O7.